The summed E-state index contributed by atoms with van der Waals surface area (Å²) in [5.41, 5.74) is -1.58. The van der Waals surface area contributed by atoms with Crippen LogP contribution >= 0.6 is 0 Å². The molecule has 0 aliphatic carbocycles. The van der Waals surface area contributed by atoms with Crippen LogP contribution in [0.3, 0.4) is 0 Å². The van der Waals surface area contributed by atoms with Gasteiger partial charge in [0, 0.05) is 6.20 Å². The van der Waals surface area contributed by atoms with E-state index in [1.54, 1.807) is 5.32 Å². The number of aromatic nitrogens is 4. The van der Waals surface area contributed by atoms with E-state index in [-0.39, 0.29) is 5.82 Å². The maximum atomic E-state index is 12.5. The van der Waals surface area contributed by atoms with Crippen molar-refractivity contribution in [3.8, 4) is 5.82 Å². The summed E-state index contributed by atoms with van der Waals surface area (Å²) >= 11 is 0. The predicted molar refractivity (Wildman–Crippen MR) is 73.7 cm³/mol. The lowest BCUT2D eigenvalue weighted by Crippen LogP contribution is -2.43. The maximum absolute atomic E-state index is 12.5. The van der Waals surface area contributed by atoms with Gasteiger partial charge in [-0.3, -0.25) is 4.79 Å². The Morgan fingerprint density at radius 1 is 1.19 bits per heavy atom. The summed E-state index contributed by atoms with van der Waals surface area (Å²) in [6, 6.07) is -0.608. The molecule has 146 valence electrons. The largest absolute Gasteiger partial charge is 0.480 e. The van der Waals surface area contributed by atoms with E-state index in [1.807, 2.05) is 0 Å². The molecule has 2 aromatic rings. The zero-order chi connectivity index (χ0) is 20.4. The zero-order valence-electron chi connectivity index (χ0n) is 12.9. The summed E-state index contributed by atoms with van der Waals surface area (Å²) in [5, 5.41) is 17.1. The van der Waals surface area contributed by atoms with E-state index in [9.17, 15) is 35.9 Å². The van der Waals surface area contributed by atoms with Crippen LogP contribution in [0.4, 0.5) is 26.3 Å². The number of carboxylic acid groups (broad SMARTS) is 1. The molecule has 1 unspecified atom stereocenters. The molecule has 14 heteroatoms. The lowest BCUT2D eigenvalue weighted by molar-refractivity contribution is -0.157. The number of carboxylic acids is 1. The molecule has 0 fully saturated rings. The number of nitrogens with zero attached hydrogens (tertiary/aromatic N) is 4. The molecule has 2 heterocycles. The van der Waals surface area contributed by atoms with E-state index >= 15 is 0 Å². The maximum Gasteiger partial charge on any atom is 0.417 e. The molecule has 2 aromatic heterocycles. The number of amides is 1. The number of nitrogens with one attached hydrogen (secondary N) is 1. The van der Waals surface area contributed by atoms with Gasteiger partial charge in [-0.15, -0.1) is 5.10 Å². The van der Waals surface area contributed by atoms with Gasteiger partial charge in [-0.2, -0.15) is 26.3 Å². The molecule has 2 rings (SSSR count). The van der Waals surface area contributed by atoms with Gasteiger partial charge in [0.15, 0.2) is 11.5 Å². The molecular weight excluding hydrogens is 388 g/mol. The molecule has 1 amide bonds. The Morgan fingerprint density at radius 2 is 1.85 bits per heavy atom. The molecule has 27 heavy (non-hydrogen) atoms. The van der Waals surface area contributed by atoms with Crippen LogP contribution in [0.15, 0.2) is 24.5 Å². The first-order valence-corrected chi connectivity index (χ1v) is 6.93. The molecule has 0 radical (unpaired) electrons. The van der Waals surface area contributed by atoms with E-state index in [0.717, 1.165) is 16.9 Å². The molecule has 1 atom stereocenters. The second-order valence-electron chi connectivity index (χ2n) is 5.13. The SMILES string of the molecule is O=C(NC(CC(F)(F)F)C(=O)O)c1cn(-c2ccc(C(F)(F)F)cn2)nn1. The van der Waals surface area contributed by atoms with Gasteiger partial charge in [-0.1, -0.05) is 5.21 Å². The Labute approximate surface area is 145 Å². The van der Waals surface area contributed by atoms with Crippen LogP contribution in [0.2, 0.25) is 0 Å². The van der Waals surface area contributed by atoms with Gasteiger partial charge < -0.3 is 10.4 Å². The first-order valence-electron chi connectivity index (χ1n) is 6.93. The molecule has 0 saturated carbocycles. The lowest BCUT2D eigenvalue weighted by atomic mass is 10.2. The van der Waals surface area contributed by atoms with E-state index < -0.39 is 47.9 Å². The first-order chi connectivity index (χ1) is 12.4. The van der Waals surface area contributed by atoms with Crippen LogP contribution in [0, 0.1) is 0 Å². The lowest BCUT2D eigenvalue weighted by Gasteiger charge is -2.15. The monoisotopic (exact) mass is 397 g/mol. The Balaban J connectivity index is 2.14. The van der Waals surface area contributed by atoms with Crippen LogP contribution in [-0.4, -0.2) is 49.2 Å². The van der Waals surface area contributed by atoms with E-state index in [4.69, 9.17) is 5.11 Å². The highest BCUT2D eigenvalue weighted by Gasteiger charge is 2.36. The molecule has 2 N–H and O–H groups in total. The van der Waals surface area contributed by atoms with Gasteiger partial charge in [-0.05, 0) is 12.1 Å². The number of hydrogen-bond donors (Lipinski definition) is 2. The number of pyridine rings is 1. The first kappa shape index (κ1) is 20.1. The summed E-state index contributed by atoms with van der Waals surface area (Å²) in [7, 11) is 0. The van der Waals surface area contributed by atoms with Crippen LogP contribution < -0.4 is 5.32 Å². The van der Waals surface area contributed by atoms with Crippen molar-refractivity contribution in [3.63, 3.8) is 0 Å². The number of aliphatic carboxylic acids is 1. The van der Waals surface area contributed by atoms with Gasteiger partial charge in [0.2, 0.25) is 0 Å². The fourth-order valence-corrected chi connectivity index (χ4v) is 1.83. The zero-order valence-corrected chi connectivity index (χ0v) is 12.9. The summed E-state index contributed by atoms with van der Waals surface area (Å²) in [6.45, 7) is 0. The van der Waals surface area contributed by atoms with Gasteiger partial charge in [0.1, 0.15) is 6.04 Å². The number of alkyl halides is 6. The molecule has 0 saturated heterocycles. The van der Waals surface area contributed by atoms with Crippen LogP contribution in [0.1, 0.15) is 22.5 Å². The number of hydrogen-bond acceptors (Lipinski definition) is 5. The molecule has 0 spiro atoms. The van der Waals surface area contributed by atoms with E-state index in [0.29, 0.717) is 12.3 Å². The van der Waals surface area contributed by atoms with Crippen LogP contribution in [-0.2, 0) is 11.0 Å². The fourth-order valence-electron chi connectivity index (χ4n) is 1.83. The van der Waals surface area contributed by atoms with Gasteiger partial charge in [-0.25, -0.2) is 14.5 Å². The molecule has 0 aromatic carbocycles. The quantitative estimate of drug-likeness (QED) is 0.745. The van der Waals surface area contributed by atoms with Crippen molar-refractivity contribution in [2.75, 3.05) is 0 Å². The number of rotatable bonds is 5. The average Bonchev–Trinajstić information content (AvgIpc) is 3.02. The van der Waals surface area contributed by atoms with Gasteiger partial charge >= 0.3 is 18.3 Å². The van der Waals surface area contributed by atoms with Crippen LogP contribution in [0.5, 0.6) is 0 Å². The van der Waals surface area contributed by atoms with Crippen molar-refractivity contribution >= 4 is 11.9 Å². The van der Waals surface area contributed by atoms with E-state index in [2.05, 4.69) is 15.3 Å². The van der Waals surface area contributed by atoms with Crippen molar-refractivity contribution in [3.05, 3.63) is 35.8 Å². The molecule has 0 aliphatic rings. The van der Waals surface area contributed by atoms with E-state index in [1.165, 1.54) is 0 Å². The third kappa shape index (κ3) is 5.39. The fraction of sp³-hybridized carbons (Fsp3) is 0.308. The molecule has 0 bridgehead atoms. The second-order valence-corrected chi connectivity index (χ2v) is 5.13. The Bertz CT molecular complexity index is 830. The number of halogens is 6. The Morgan fingerprint density at radius 3 is 2.33 bits per heavy atom. The van der Waals surface area contributed by atoms with Crippen molar-refractivity contribution in [1.82, 2.24) is 25.3 Å². The van der Waals surface area contributed by atoms with Crippen molar-refractivity contribution in [2.24, 2.45) is 0 Å². The highest BCUT2D eigenvalue weighted by atomic mass is 19.4. The van der Waals surface area contributed by atoms with Gasteiger partial charge in [0.05, 0.1) is 18.2 Å². The summed E-state index contributed by atoms with van der Waals surface area (Å²) < 4.78 is 75.2. The summed E-state index contributed by atoms with van der Waals surface area (Å²) in [4.78, 5) is 26.2. The van der Waals surface area contributed by atoms with Crippen LogP contribution in [0.25, 0.3) is 5.82 Å². The topological polar surface area (TPSA) is 110 Å². The average molecular weight is 397 g/mol. The third-order valence-electron chi connectivity index (χ3n) is 3.07. The highest BCUT2D eigenvalue weighted by Crippen LogP contribution is 2.28. The third-order valence-corrected chi connectivity index (χ3v) is 3.07. The molecular formula is C13H9F6N5O3. The van der Waals surface area contributed by atoms with Crippen molar-refractivity contribution < 1.29 is 41.0 Å². The minimum Gasteiger partial charge on any atom is -0.480 e. The standard InChI is InChI=1S/C13H9F6N5O3/c14-12(15,16)3-7(11(26)27)21-10(25)8-5-24(23-22-8)9-2-1-6(4-20-9)13(17,18)19/h1-2,4-5,7H,3H2,(H,21,25)(H,26,27). The second kappa shape index (κ2) is 7.20. The highest BCUT2D eigenvalue weighted by molar-refractivity contribution is 5.94. The van der Waals surface area contributed by atoms with Crippen molar-refractivity contribution in [2.45, 2.75) is 24.8 Å². The predicted octanol–water partition coefficient (Wildman–Crippen LogP) is 1.82. The Hall–Kier alpha value is -3.19. The van der Waals surface area contributed by atoms with Crippen molar-refractivity contribution in [1.29, 1.82) is 0 Å². The normalized spacial score (nSPS) is 13.3. The summed E-state index contributed by atoms with van der Waals surface area (Å²) in [6.07, 6.45) is -9.86. The number of carbonyl (C=O) groups is 2. The minimum atomic E-state index is -4.84. The Kier molecular flexibility index (Phi) is 5.37. The van der Waals surface area contributed by atoms with Gasteiger partial charge in [0.25, 0.3) is 5.91 Å². The summed E-state index contributed by atoms with van der Waals surface area (Å²) in [5.74, 6) is -3.32. The minimum absolute atomic E-state index is 0.153. The number of carbonyl (C=O) groups excluding carboxylic acids is 1. The molecule has 8 nitrogen and oxygen atoms in total. The smallest absolute Gasteiger partial charge is 0.417 e. The molecule has 0 aliphatic heterocycles.